The highest BCUT2D eigenvalue weighted by Gasteiger charge is 2.34. The van der Waals surface area contributed by atoms with Gasteiger partial charge in [-0.1, -0.05) is 56.3 Å². The molecule has 164 valence electrons. The van der Waals surface area contributed by atoms with Crippen molar-refractivity contribution in [2.45, 2.75) is 25.1 Å². The summed E-state index contributed by atoms with van der Waals surface area (Å²) in [4.78, 5) is 26.7. The van der Waals surface area contributed by atoms with E-state index in [0.717, 1.165) is 11.3 Å². The summed E-state index contributed by atoms with van der Waals surface area (Å²) in [6.07, 6.45) is 0. The van der Waals surface area contributed by atoms with Gasteiger partial charge in [-0.3, -0.25) is 14.5 Å². The smallest absolute Gasteiger partial charge is 0.262 e. The lowest BCUT2D eigenvalue weighted by Gasteiger charge is -2.25. The SMILES string of the molecule is CC(C)c1ccc(N2C(=O)CSC2c2ccc(NC(=O)COc3ccccc3)cc2)cc1. The summed E-state index contributed by atoms with van der Waals surface area (Å²) in [5, 5.41) is 2.76. The van der Waals surface area contributed by atoms with Gasteiger partial charge in [0.1, 0.15) is 11.1 Å². The van der Waals surface area contributed by atoms with Crippen LogP contribution in [0.2, 0.25) is 0 Å². The number of ether oxygens (including phenoxy) is 1. The van der Waals surface area contributed by atoms with Gasteiger partial charge >= 0.3 is 0 Å². The van der Waals surface area contributed by atoms with Gasteiger partial charge in [-0.2, -0.15) is 0 Å². The van der Waals surface area contributed by atoms with E-state index in [1.807, 2.05) is 71.6 Å². The number of carbonyl (C=O) groups excluding carboxylic acids is 2. The van der Waals surface area contributed by atoms with Crippen LogP contribution < -0.4 is 15.0 Å². The number of nitrogens with one attached hydrogen (secondary N) is 1. The number of thioether (sulfide) groups is 1. The van der Waals surface area contributed by atoms with Crippen LogP contribution in [0.3, 0.4) is 0 Å². The first-order chi connectivity index (χ1) is 15.5. The summed E-state index contributed by atoms with van der Waals surface area (Å²) in [5.41, 5.74) is 3.87. The van der Waals surface area contributed by atoms with Crippen molar-refractivity contribution in [1.82, 2.24) is 0 Å². The minimum absolute atomic E-state index is 0.0567. The van der Waals surface area contributed by atoms with E-state index >= 15 is 0 Å². The quantitative estimate of drug-likeness (QED) is 0.513. The second-order valence-corrected chi connectivity index (χ2v) is 9.01. The second-order valence-electron chi connectivity index (χ2n) is 7.95. The van der Waals surface area contributed by atoms with Gasteiger partial charge in [-0.25, -0.2) is 0 Å². The van der Waals surface area contributed by atoms with Gasteiger partial charge in [-0.05, 0) is 53.4 Å². The third-order valence-electron chi connectivity index (χ3n) is 5.30. The highest BCUT2D eigenvalue weighted by Crippen LogP contribution is 2.42. The van der Waals surface area contributed by atoms with Gasteiger partial charge in [-0.15, -0.1) is 11.8 Å². The van der Waals surface area contributed by atoms with Crippen LogP contribution in [-0.2, 0) is 9.59 Å². The van der Waals surface area contributed by atoms with Gasteiger partial charge in [0.05, 0.1) is 5.75 Å². The Morgan fingerprint density at radius 2 is 1.72 bits per heavy atom. The molecule has 4 rings (SSSR count). The molecular formula is C26H26N2O3S. The Morgan fingerprint density at radius 1 is 1.03 bits per heavy atom. The van der Waals surface area contributed by atoms with Gasteiger partial charge in [0.15, 0.2) is 6.61 Å². The summed E-state index contributed by atoms with van der Waals surface area (Å²) in [7, 11) is 0. The molecule has 3 aromatic carbocycles. The molecule has 5 nitrogen and oxygen atoms in total. The summed E-state index contributed by atoms with van der Waals surface area (Å²) < 4.78 is 5.48. The normalized spacial score (nSPS) is 15.8. The van der Waals surface area contributed by atoms with Crippen LogP contribution >= 0.6 is 11.8 Å². The molecule has 1 aliphatic rings. The third-order valence-corrected chi connectivity index (χ3v) is 6.51. The van der Waals surface area contributed by atoms with Gasteiger partial charge in [0.25, 0.3) is 5.91 Å². The van der Waals surface area contributed by atoms with E-state index in [2.05, 4.69) is 31.3 Å². The Morgan fingerprint density at radius 3 is 2.38 bits per heavy atom. The van der Waals surface area contributed by atoms with E-state index < -0.39 is 0 Å². The fraction of sp³-hybridized carbons (Fsp3) is 0.231. The number of benzene rings is 3. The fourth-order valence-corrected chi connectivity index (χ4v) is 4.74. The van der Waals surface area contributed by atoms with Crippen molar-refractivity contribution in [2.75, 3.05) is 22.6 Å². The summed E-state index contributed by atoms with van der Waals surface area (Å²) >= 11 is 1.61. The third kappa shape index (κ3) is 5.14. The van der Waals surface area contributed by atoms with Crippen molar-refractivity contribution >= 4 is 35.0 Å². The Hall–Kier alpha value is -3.25. The van der Waals surface area contributed by atoms with E-state index in [1.54, 1.807) is 11.8 Å². The molecule has 0 saturated carbocycles. The van der Waals surface area contributed by atoms with Crippen LogP contribution in [0.4, 0.5) is 11.4 Å². The minimum atomic E-state index is -0.223. The molecule has 0 spiro atoms. The average Bonchev–Trinajstić information content (AvgIpc) is 3.20. The molecule has 1 saturated heterocycles. The van der Waals surface area contributed by atoms with E-state index in [1.165, 1.54) is 5.56 Å². The number of carbonyl (C=O) groups is 2. The molecule has 0 radical (unpaired) electrons. The number of anilines is 2. The number of hydrogen-bond donors (Lipinski definition) is 1. The molecule has 0 aliphatic carbocycles. The first kappa shape index (κ1) is 22.0. The zero-order valence-electron chi connectivity index (χ0n) is 18.2. The molecule has 0 bridgehead atoms. The number of amides is 2. The molecule has 1 atom stereocenters. The van der Waals surface area contributed by atoms with Crippen LogP contribution in [-0.4, -0.2) is 24.2 Å². The predicted octanol–water partition coefficient (Wildman–Crippen LogP) is 5.61. The lowest BCUT2D eigenvalue weighted by molar-refractivity contribution is -0.118. The maximum Gasteiger partial charge on any atom is 0.262 e. The molecule has 1 aliphatic heterocycles. The fourth-order valence-electron chi connectivity index (χ4n) is 3.56. The number of rotatable bonds is 7. The van der Waals surface area contributed by atoms with Crippen LogP contribution in [0, 0.1) is 0 Å². The zero-order valence-corrected chi connectivity index (χ0v) is 19.0. The molecular weight excluding hydrogens is 420 g/mol. The molecule has 32 heavy (non-hydrogen) atoms. The molecule has 1 unspecified atom stereocenters. The van der Waals surface area contributed by atoms with Crippen molar-refractivity contribution in [2.24, 2.45) is 0 Å². The molecule has 3 aromatic rings. The second kappa shape index (κ2) is 9.92. The van der Waals surface area contributed by atoms with Crippen molar-refractivity contribution in [3.8, 4) is 5.75 Å². The summed E-state index contributed by atoms with van der Waals surface area (Å²) in [6, 6.07) is 25.1. The number of nitrogens with zero attached hydrogens (tertiary/aromatic N) is 1. The van der Waals surface area contributed by atoms with Gasteiger partial charge in [0, 0.05) is 11.4 Å². The number of hydrogen-bond acceptors (Lipinski definition) is 4. The Balaban J connectivity index is 1.41. The first-order valence-electron chi connectivity index (χ1n) is 10.6. The van der Waals surface area contributed by atoms with E-state index in [4.69, 9.17) is 4.74 Å². The molecule has 6 heteroatoms. The standard InChI is InChI=1S/C26H26N2O3S/c1-18(2)19-10-14-22(15-11-19)28-25(30)17-32-26(28)20-8-12-21(13-9-20)27-24(29)16-31-23-6-4-3-5-7-23/h3-15,18,26H,16-17H2,1-2H3,(H,27,29). The van der Waals surface area contributed by atoms with Gasteiger partial charge < -0.3 is 10.1 Å². The van der Waals surface area contributed by atoms with E-state index in [-0.39, 0.29) is 23.8 Å². The Kier molecular flexibility index (Phi) is 6.81. The molecule has 0 aromatic heterocycles. The average molecular weight is 447 g/mol. The van der Waals surface area contributed by atoms with Gasteiger partial charge in [0.2, 0.25) is 5.91 Å². The molecule has 1 fully saturated rings. The predicted molar refractivity (Wildman–Crippen MR) is 130 cm³/mol. The summed E-state index contributed by atoms with van der Waals surface area (Å²) in [5.74, 6) is 1.43. The monoisotopic (exact) mass is 446 g/mol. The zero-order chi connectivity index (χ0) is 22.5. The van der Waals surface area contributed by atoms with Crippen LogP contribution in [0.5, 0.6) is 5.75 Å². The Labute approximate surface area is 192 Å². The largest absolute Gasteiger partial charge is 0.484 e. The topological polar surface area (TPSA) is 58.6 Å². The minimum Gasteiger partial charge on any atom is -0.484 e. The van der Waals surface area contributed by atoms with E-state index in [9.17, 15) is 9.59 Å². The first-order valence-corrected chi connectivity index (χ1v) is 11.7. The van der Waals surface area contributed by atoms with Crippen molar-refractivity contribution in [1.29, 1.82) is 0 Å². The van der Waals surface area contributed by atoms with Crippen LogP contribution in [0.15, 0.2) is 78.9 Å². The molecule has 1 N–H and O–H groups in total. The lowest BCUT2D eigenvalue weighted by Crippen LogP contribution is -2.27. The lowest BCUT2D eigenvalue weighted by atomic mass is 10.0. The molecule has 1 heterocycles. The maximum atomic E-state index is 12.6. The van der Waals surface area contributed by atoms with Crippen LogP contribution in [0.25, 0.3) is 0 Å². The molecule has 2 amide bonds. The summed E-state index contributed by atoms with van der Waals surface area (Å²) in [6.45, 7) is 4.25. The van der Waals surface area contributed by atoms with Crippen LogP contribution in [0.1, 0.15) is 36.3 Å². The Bertz CT molecular complexity index is 1070. The van der Waals surface area contributed by atoms with Crippen molar-refractivity contribution in [3.05, 3.63) is 90.0 Å². The highest BCUT2D eigenvalue weighted by atomic mass is 32.2. The van der Waals surface area contributed by atoms with Crippen molar-refractivity contribution in [3.63, 3.8) is 0 Å². The number of para-hydroxylation sites is 1. The van der Waals surface area contributed by atoms with E-state index in [0.29, 0.717) is 23.1 Å². The highest BCUT2D eigenvalue weighted by molar-refractivity contribution is 8.00. The maximum absolute atomic E-state index is 12.6. The van der Waals surface area contributed by atoms with Crippen molar-refractivity contribution < 1.29 is 14.3 Å².